The van der Waals surface area contributed by atoms with E-state index in [-0.39, 0.29) is 6.10 Å². The van der Waals surface area contributed by atoms with Crippen LogP contribution in [0.1, 0.15) is 42.7 Å². The molecule has 7 heteroatoms. The van der Waals surface area contributed by atoms with E-state index in [1.54, 1.807) is 18.3 Å². The summed E-state index contributed by atoms with van der Waals surface area (Å²) in [7, 11) is 0. The maximum Gasteiger partial charge on any atom is 0.132 e. The normalized spacial score (nSPS) is 18.5. The summed E-state index contributed by atoms with van der Waals surface area (Å²) in [6, 6.07) is 11.9. The number of aliphatic hydroxyl groups is 1. The average Bonchev–Trinajstić information content (AvgIpc) is 3.65. The summed E-state index contributed by atoms with van der Waals surface area (Å²) in [6.07, 6.45) is 9.22. The number of nitrogens with one attached hydrogen (secondary N) is 1. The molecular weight excluding hydrogens is 388 g/mol. The van der Waals surface area contributed by atoms with Crippen LogP contribution in [0.25, 0.3) is 11.3 Å². The first-order valence-electron chi connectivity index (χ1n) is 10.7. The highest BCUT2D eigenvalue weighted by atomic mass is 16.3. The first-order valence-corrected chi connectivity index (χ1v) is 10.7. The molecule has 31 heavy (non-hydrogen) atoms. The smallest absolute Gasteiger partial charge is 0.132 e. The van der Waals surface area contributed by atoms with Crippen LogP contribution >= 0.6 is 0 Å². The van der Waals surface area contributed by atoms with Crippen molar-refractivity contribution in [2.45, 2.75) is 37.7 Å². The molecule has 2 N–H and O–H groups in total. The van der Waals surface area contributed by atoms with E-state index in [0.29, 0.717) is 29.7 Å². The SMILES string of the molecule is N#Cc1ccnc(Nc2cc(C3CC3)cc(-c3cncc(N4CCC[C@@H](O)C4)c3)n2)c1. The lowest BCUT2D eigenvalue weighted by molar-refractivity contribution is 0.154. The van der Waals surface area contributed by atoms with E-state index in [9.17, 15) is 5.11 Å². The lowest BCUT2D eigenvalue weighted by Gasteiger charge is -2.31. The molecule has 0 amide bonds. The molecule has 2 aliphatic rings. The van der Waals surface area contributed by atoms with Gasteiger partial charge in [-0.05, 0) is 67.5 Å². The van der Waals surface area contributed by atoms with E-state index in [1.807, 2.05) is 12.4 Å². The van der Waals surface area contributed by atoms with Gasteiger partial charge in [-0.1, -0.05) is 0 Å². The van der Waals surface area contributed by atoms with Gasteiger partial charge in [0.15, 0.2) is 0 Å². The van der Waals surface area contributed by atoms with Gasteiger partial charge in [0.25, 0.3) is 0 Å². The molecule has 0 spiro atoms. The monoisotopic (exact) mass is 412 g/mol. The van der Waals surface area contributed by atoms with Crippen LogP contribution in [-0.2, 0) is 0 Å². The zero-order valence-corrected chi connectivity index (χ0v) is 17.2. The summed E-state index contributed by atoms with van der Waals surface area (Å²) in [5.74, 6) is 1.87. The van der Waals surface area contributed by atoms with E-state index in [1.165, 1.54) is 18.4 Å². The van der Waals surface area contributed by atoms with Gasteiger partial charge in [0.1, 0.15) is 11.6 Å². The number of aliphatic hydroxyl groups excluding tert-OH is 1. The van der Waals surface area contributed by atoms with Gasteiger partial charge in [-0.15, -0.1) is 0 Å². The number of piperidine rings is 1. The van der Waals surface area contributed by atoms with Crippen molar-refractivity contribution >= 4 is 17.3 Å². The summed E-state index contributed by atoms with van der Waals surface area (Å²) < 4.78 is 0. The topological polar surface area (TPSA) is 98.0 Å². The molecular formula is C24H24N6O. The molecule has 0 aromatic carbocycles. The molecule has 5 rings (SSSR count). The van der Waals surface area contributed by atoms with Crippen LogP contribution in [0.2, 0.25) is 0 Å². The molecule has 2 fully saturated rings. The highest BCUT2D eigenvalue weighted by Crippen LogP contribution is 2.42. The van der Waals surface area contributed by atoms with Gasteiger partial charge in [-0.25, -0.2) is 9.97 Å². The molecule has 3 aromatic heterocycles. The van der Waals surface area contributed by atoms with Crippen LogP contribution in [0, 0.1) is 11.3 Å². The molecule has 1 saturated carbocycles. The van der Waals surface area contributed by atoms with Crippen LogP contribution in [0.15, 0.2) is 48.9 Å². The average molecular weight is 412 g/mol. The Bertz CT molecular complexity index is 1140. The maximum atomic E-state index is 10.0. The van der Waals surface area contributed by atoms with Crippen molar-refractivity contribution in [1.82, 2.24) is 15.0 Å². The number of rotatable bonds is 5. The van der Waals surface area contributed by atoms with Crippen molar-refractivity contribution in [3.8, 4) is 17.3 Å². The van der Waals surface area contributed by atoms with Gasteiger partial charge in [-0.3, -0.25) is 4.98 Å². The molecule has 1 atom stereocenters. The fourth-order valence-electron chi connectivity index (χ4n) is 4.05. The number of hydrogen-bond donors (Lipinski definition) is 2. The summed E-state index contributed by atoms with van der Waals surface area (Å²) in [5.41, 5.74) is 4.62. The van der Waals surface area contributed by atoms with Crippen molar-refractivity contribution in [2.75, 3.05) is 23.3 Å². The van der Waals surface area contributed by atoms with Gasteiger partial charge in [0, 0.05) is 31.0 Å². The van der Waals surface area contributed by atoms with E-state index in [2.05, 4.69) is 44.5 Å². The van der Waals surface area contributed by atoms with E-state index < -0.39 is 0 Å². The lowest BCUT2D eigenvalue weighted by Crippen LogP contribution is -2.38. The molecule has 0 bridgehead atoms. The van der Waals surface area contributed by atoms with Crippen LogP contribution in [-0.4, -0.2) is 39.3 Å². The molecule has 7 nitrogen and oxygen atoms in total. The van der Waals surface area contributed by atoms with Gasteiger partial charge in [-0.2, -0.15) is 5.26 Å². The number of aromatic nitrogens is 3. The standard InChI is InChI=1S/C24H24N6O/c25-12-16-5-6-27-23(8-16)29-24-11-18(17-3-4-17)10-22(28-24)19-9-20(14-26-13-19)30-7-1-2-21(31)15-30/h5-6,8-11,13-14,17,21,31H,1-4,7,15H2,(H,27,28,29)/t21-/m1/s1. The Labute approximate surface area is 181 Å². The number of nitriles is 1. The Balaban J connectivity index is 1.47. The highest BCUT2D eigenvalue weighted by Gasteiger charge is 2.25. The third-order valence-corrected chi connectivity index (χ3v) is 5.82. The molecule has 1 aliphatic carbocycles. The number of β-amino-alcohol motifs (C(OH)–C–C–N with tert-alkyl or cyclic N) is 1. The molecule has 0 radical (unpaired) electrons. The van der Waals surface area contributed by atoms with Crippen molar-refractivity contribution in [3.63, 3.8) is 0 Å². The quantitative estimate of drug-likeness (QED) is 0.654. The summed E-state index contributed by atoms with van der Waals surface area (Å²) in [4.78, 5) is 15.8. The predicted octanol–water partition coefficient (Wildman–Crippen LogP) is 3.99. The fourth-order valence-corrected chi connectivity index (χ4v) is 4.05. The first kappa shape index (κ1) is 19.5. The van der Waals surface area contributed by atoms with Crippen LogP contribution in [0.4, 0.5) is 17.3 Å². The largest absolute Gasteiger partial charge is 0.391 e. The van der Waals surface area contributed by atoms with Crippen molar-refractivity contribution in [1.29, 1.82) is 5.26 Å². The zero-order valence-electron chi connectivity index (χ0n) is 17.2. The van der Waals surface area contributed by atoms with Crippen LogP contribution < -0.4 is 10.2 Å². The second kappa shape index (κ2) is 8.32. The Morgan fingerprint density at radius 1 is 1.10 bits per heavy atom. The van der Waals surface area contributed by atoms with Crippen molar-refractivity contribution in [2.24, 2.45) is 0 Å². The predicted molar refractivity (Wildman–Crippen MR) is 119 cm³/mol. The summed E-state index contributed by atoms with van der Waals surface area (Å²) >= 11 is 0. The Kier molecular flexibility index (Phi) is 5.23. The zero-order chi connectivity index (χ0) is 21.2. The Hall–Kier alpha value is -3.50. The third-order valence-electron chi connectivity index (χ3n) is 5.82. The minimum atomic E-state index is -0.291. The summed E-state index contributed by atoms with van der Waals surface area (Å²) in [5, 5.41) is 22.4. The van der Waals surface area contributed by atoms with E-state index in [4.69, 9.17) is 10.2 Å². The van der Waals surface area contributed by atoms with Crippen molar-refractivity contribution < 1.29 is 5.11 Å². The summed E-state index contributed by atoms with van der Waals surface area (Å²) in [6.45, 7) is 1.56. The minimum Gasteiger partial charge on any atom is -0.391 e. The third kappa shape index (κ3) is 4.49. The number of hydrogen-bond acceptors (Lipinski definition) is 7. The lowest BCUT2D eigenvalue weighted by atomic mass is 10.1. The molecule has 3 aromatic rings. The van der Waals surface area contributed by atoms with E-state index >= 15 is 0 Å². The second-order valence-corrected chi connectivity index (χ2v) is 8.29. The highest BCUT2D eigenvalue weighted by molar-refractivity contribution is 5.68. The molecule has 1 saturated heterocycles. The van der Waals surface area contributed by atoms with Gasteiger partial charge < -0.3 is 15.3 Å². The number of nitrogens with zero attached hydrogens (tertiary/aromatic N) is 5. The minimum absolute atomic E-state index is 0.291. The van der Waals surface area contributed by atoms with Crippen molar-refractivity contribution in [3.05, 3.63) is 60.0 Å². The molecule has 4 heterocycles. The second-order valence-electron chi connectivity index (χ2n) is 8.29. The molecule has 1 aliphatic heterocycles. The maximum absolute atomic E-state index is 10.0. The Morgan fingerprint density at radius 2 is 2.00 bits per heavy atom. The first-order chi connectivity index (χ1) is 15.2. The van der Waals surface area contributed by atoms with Gasteiger partial charge in [0.2, 0.25) is 0 Å². The Morgan fingerprint density at radius 3 is 2.81 bits per heavy atom. The number of anilines is 3. The van der Waals surface area contributed by atoms with E-state index in [0.717, 1.165) is 36.3 Å². The molecule has 0 unspecified atom stereocenters. The van der Waals surface area contributed by atoms with Crippen LogP contribution in [0.3, 0.4) is 0 Å². The number of pyridine rings is 3. The fraction of sp³-hybridized carbons (Fsp3) is 0.333. The van der Waals surface area contributed by atoms with Gasteiger partial charge >= 0.3 is 0 Å². The van der Waals surface area contributed by atoms with Gasteiger partial charge in [0.05, 0.1) is 35.3 Å². The molecule has 156 valence electrons. The van der Waals surface area contributed by atoms with Crippen LogP contribution in [0.5, 0.6) is 0 Å².